The van der Waals surface area contributed by atoms with E-state index in [-0.39, 0.29) is 17.9 Å². The van der Waals surface area contributed by atoms with Gasteiger partial charge in [0.1, 0.15) is 0 Å². The largest absolute Gasteiger partial charge is 0.450 e. The van der Waals surface area contributed by atoms with Crippen molar-refractivity contribution in [1.29, 1.82) is 0 Å². The molecule has 0 bridgehead atoms. The molecule has 2 fully saturated rings. The van der Waals surface area contributed by atoms with Crippen molar-refractivity contribution >= 4 is 12.0 Å². The number of carbonyl (C=O) groups is 2. The summed E-state index contributed by atoms with van der Waals surface area (Å²) in [6, 6.07) is 0. The number of allylic oxidation sites excluding steroid dienone is 2. The van der Waals surface area contributed by atoms with Gasteiger partial charge in [0, 0.05) is 38.6 Å². The van der Waals surface area contributed by atoms with E-state index in [0.717, 1.165) is 31.8 Å². The molecule has 2 saturated heterocycles. The maximum Gasteiger partial charge on any atom is 0.409 e. The number of ether oxygens (including phenoxy) is 1. The van der Waals surface area contributed by atoms with Crippen molar-refractivity contribution in [3.63, 3.8) is 0 Å². The van der Waals surface area contributed by atoms with Gasteiger partial charge in [-0.1, -0.05) is 12.2 Å². The lowest BCUT2D eigenvalue weighted by atomic mass is 9.91. The Hall–Kier alpha value is -1.56. The summed E-state index contributed by atoms with van der Waals surface area (Å²) < 4.78 is 5.04. The number of amides is 2. The van der Waals surface area contributed by atoms with Crippen molar-refractivity contribution in [3.05, 3.63) is 12.2 Å². The molecular weight excluding hydrogens is 330 g/mol. The molecule has 0 aromatic carbocycles. The Morgan fingerprint density at radius 1 is 0.962 bits per heavy atom. The molecule has 146 valence electrons. The minimum Gasteiger partial charge on any atom is -0.450 e. The van der Waals surface area contributed by atoms with Gasteiger partial charge in [-0.15, -0.1) is 0 Å². The number of carbonyl (C=O) groups excluding carboxylic acids is 2. The van der Waals surface area contributed by atoms with Crippen molar-refractivity contribution in [2.75, 3.05) is 52.4 Å². The highest BCUT2D eigenvalue weighted by Gasteiger charge is 2.32. The van der Waals surface area contributed by atoms with E-state index in [2.05, 4.69) is 17.1 Å². The summed E-state index contributed by atoms with van der Waals surface area (Å²) in [6.45, 7) is 7.90. The van der Waals surface area contributed by atoms with Crippen LogP contribution in [0.4, 0.5) is 4.79 Å². The van der Waals surface area contributed by atoms with Crippen molar-refractivity contribution in [2.24, 2.45) is 11.8 Å². The third-order valence-electron chi connectivity index (χ3n) is 5.95. The Morgan fingerprint density at radius 3 is 2.27 bits per heavy atom. The standard InChI is InChI=1S/C20H33N3O3/c1-2-26-20(25)23-14-12-22(13-15-23)19(24)18-8-10-21(11-9-18)16-17-6-4-3-5-7-17/h3-4,17-18H,2,5-16H2,1H3. The summed E-state index contributed by atoms with van der Waals surface area (Å²) in [5, 5.41) is 0. The van der Waals surface area contributed by atoms with Crippen molar-refractivity contribution in [2.45, 2.75) is 39.0 Å². The van der Waals surface area contributed by atoms with Crippen LogP contribution in [0.3, 0.4) is 0 Å². The van der Waals surface area contributed by atoms with Gasteiger partial charge in [-0.2, -0.15) is 0 Å². The maximum atomic E-state index is 12.8. The van der Waals surface area contributed by atoms with Gasteiger partial charge in [0.05, 0.1) is 6.61 Å². The van der Waals surface area contributed by atoms with E-state index in [1.54, 1.807) is 4.90 Å². The van der Waals surface area contributed by atoms with Crippen LogP contribution in [0.15, 0.2) is 12.2 Å². The number of piperazine rings is 1. The summed E-state index contributed by atoms with van der Waals surface area (Å²) in [7, 11) is 0. The van der Waals surface area contributed by atoms with E-state index in [1.165, 1.54) is 25.8 Å². The lowest BCUT2D eigenvalue weighted by Crippen LogP contribution is -2.53. The number of hydrogen-bond donors (Lipinski definition) is 0. The Morgan fingerprint density at radius 2 is 1.65 bits per heavy atom. The predicted molar refractivity (Wildman–Crippen MR) is 101 cm³/mol. The van der Waals surface area contributed by atoms with Crippen LogP contribution in [0.25, 0.3) is 0 Å². The Balaban J connectivity index is 1.38. The van der Waals surface area contributed by atoms with E-state index in [1.807, 2.05) is 11.8 Å². The van der Waals surface area contributed by atoms with E-state index in [9.17, 15) is 9.59 Å². The highest BCUT2D eigenvalue weighted by atomic mass is 16.6. The molecule has 26 heavy (non-hydrogen) atoms. The molecule has 2 heterocycles. The minimum absolute atomic E-state index is 0.159. The van der Waals surface area contributed by atoms with Crippen LogP contribution < -0.4 is 0 Å². The SMILES string of the molecule is CCOC(=O)N1CCN(C(=O)C2CCN(CC3CC=CCC3)CC2)CC1. The van der Waals surface area contributed by atoms with Crippen molar-refractivity contribution in [3.8, 4) is 0 Å². The lowest BCUT2D eigenvalue weighted by molar-refractivity contribution is -0.138. The second kappa shape index (κ2) is 9.40. The summed E-state index contributed by atoms with van der Waals surface area (Å²) in [5.74, 6) is 1.24. The molecule has 3 aliphatic rings. The molecule has 6 heteroatoms. The van der Waals surface area contributed by atoms with Gasteiger partial charge in [-0.05, 0) is 58.0 Å². The summed E-state index contributed by atoms with van der Waals surface area (Å²) in [5.41, 5.74) is 0. The van der Waals surface area contributed by atoms with Crippen LogP contribution in [0, 0.1) is 11.8 Å². The fourth-order valence-corrected chi connectivity index (χ4v) is 4.33. The van der Waals surface area contributed by atoms with Crippen LogP contribution in [0.1, 0.15) is 39.0 Å². The molecule has 0 aromatic rings. The zero-order chi connectivity index (χ0) is 18.4. The first-order valence-corrected chi connectivity index (χ1v) is 10.2. The Bertz CT molecular complexity index is 506. The first-order valence-electron chi connectivity index (χ1n) is 10.2. The fraction of sp³-hybridized carbons (Fsp3) is 0.800. The quantitative estimate of drug-likeness (QED) is 0.720. The molecule has 2 aliphatic heterocycles. The number of piperidine rings is 1. The Kier molecular flexibility index (Phi) is 6.94. The predicted octanol–water partition coefficient (Wildman–Crippen LogP) is 2.36. The van der Waals surface area contributed by atoms with E-state index < -0.39 is 0 Å². The molecule has 2 amide bonds. The van der Waals surface area contributed by atoms with Gasteiger partial charge < -0.3 is 19.4 Å². The van der Waals surface area contributed by atoms with Crippen molar-refractivity contribution < 1.29 is 14.3 Å². The van der Waals surface area contributed by atoms with Crippen LogP contribution in [-0.2, 0) is 9.53 Å². The molecular formula is C20H33N3O3. The molecule has 0 aromatic heterocycles. The molecule has 3 rings (SSSR count). The molecule has 1 aliphatic carbocycles. The average molecular weight is 364 g/mol. The van der Waals surface area contributed by atoms with E-state index in [4.69, 9.17) is 4.74 Å². The highest BCUT2D eigenvalue weighted by Crippen LogP contribution is 2.24. The van der Waals surface area contributed by atoms with Gasteiger partial charge >= 0.3 is 6.09 Å². The fourth-order valence-electron chi connectivity index (χ4n) is 4.33. The van der Waals surface area contributed by atoms with Gasteiger partial charge in [-0.25, -0.2) is 4.79 Å². The van der Waals surface area contributed by atoms with Gasteiger partial charge in [0.25, 0.3) is 0 Å². The first-order chi connectivity index (χ1) is 12.7. The number of likely N-dealkylation sites (tertiary alicyclic amines) is 1. The van der Waals surface area contributed by atoms with Gasteiger partial charge in [0.15, 0.2) is 0 Å². The zero-order valence-corrected chi connectivity index (χ0v) is 16.1. The summed E-state index contributed by atoms with van der Waals surface area (Å²) in [4.78, 5) is 30.8. The molecule has 0 radical (unpaired) electrons. The highest BCUT2D eigenvalue weighted by molar-refractivity contribution is 5.79. The van der Waals surface area contributed by atoms with Crippen LogP contribution in [0.5, 0.6) is 0 Å². The van der Waals surface area contributed by atoms with E-state index in [0.29, 0.717) is 32.8 Å². The molecule has 6 nitrogen and oxygen atoms in total. The van der Waals surface area contributed by atoms with Gasteiger partial charge in [0.2, 0.25) is 5.91 Å². The number of rotatable bonds is 4. The maximum absolute atomic E-state index is 12.8. The summed E-state index contributed by atoms with van der Waals surface area (Å²) >= 11 is 0. The molecule has 0 saturated carbocycles. The topological polar surface area (TPSA) is 53.1 Å². The van der Waals surface area contributed by atoms with Crippen LogP contribution in [-0.4, -0.2) is 79.1 Å². The summed E-state index contributed by atoms with van der Waals surface area (Å²) in [6.07, 6.45) is 10.0. The number of hydrogen-bond acceptors (Lipinski definition) is 4. The average Bonchev–Trinajstić information content (AvgIpc) is 2.69. The smallest absolute Gasteiger partial charge is 0.409 e. The molecule has 1 unspecified atom stereocenters. The minimum atomic E-state index is -0.259. The third kappa shape index (κ3) is 5.00. The third-order valence-corrected chi connectivity index (χ3v) is 5.95. The van der Waals surface area contributed by atoms with Gasteiger partial charge in [-0.3, -0.25) is 4.79 Å². The lowest BCUT2D eigenvalue weighted by Gasteiger charge is -2.38. The van der Waals surface area contributed by atoms with E-state index >= 15 is 0 Å². The molecule has 1 atom stereocenters. The van der Waals surface area contributed by atoms with Crippen LogP contribution >= 0.6 is 0 Å². The van der Waals surface area contributed by atoms with Crippen molar-refractivity contribution in [1.82, 2.24) is 14.7 Å². The molecule has 0 spiro atoms. The second-order valence-corrected chi connectivity index (χ2v) is 7.74. The zero-order valence-electron chi connectivity index (χ0n) is 16.1. The number of nitrogens with zero attached hydrogens (tertiary/aromatic N) is 3. The Labute approximate surface area is 157 Å². The second-order valence-electron chi connectivity index (χ2n) is 7.74. The monoisotopic (exact) mass is 363 g/mol. The normalized spacial score (nSPS) is 25.3. The molecule has 0 N–H and O–H groups in total. The van der Waals surface area contributed by atoms with Crippen LogP contribution in [0.2, 0.25) is 0 Å². The first kappa shape index (κ1) is 19.2.